The SMILES string of the molecule is CC.Nc1ncc(-c2nc(N3CCOCC3)c3sc(-c4ccccc4)cc3n2)cn1. The minimum atomic E-state index is 0.236. The van der Waals surface area contributed by atoms with Gasteiger partial charge in [-0.3, -0.25) is 0 Å². The van der Waals surface area contributed by atoms with Crippen molar-refractivity contribution in [2.75, 3.05) is 36.9 Å². The summed E-state index contributed by atoms with van der Waals surface area (Å²) in [4.78, 5) is 21.3. The number of ether oxygens (including phenoxy) is 1. The zero-order valence-electron chi connectivity index (χ0n) is 17.1. The molecule has 154 valence electrons. The van der Waals surface area contributed by atoms with Crippen molar-refractivity contribution in [3.8, 4) is 21.8 Å². The van der Waals surface area contributed by atoms with E-state index >= 15 is 0 Å². The Morgan fingerprint density at radius 3 is 2.37 bits per heavy atom. The Kier molecular flexibility index (Phi) is 6.15. The van der Waals surface area contributed by atoms with E-state index in [9.17, 15) is 0 Å². The lowest BCUT2D eigenvalue weighted by Crippen LogP contribution is -2.36. The van der Waals surface area contributed by atoms with Crippen molar-refractivity contribution in [2.45, 2.75) is 13.8 Å². The van der Waals surface area contributed by atoms with E-state index in [1.807, 2.05) is 32.0 Å². The minimum Gasteiger partial charge on any atom is -0.378 e. The molecular formula is C22H24N6OS. The fraction of sp³-hybridized carbons (Fsp3) is 0.273. The van der Waals surface area contributed by atoms with E-state index in [0.717, 1.165) is 34.7 Å². The molecule has 1 aromatic carbocycles. The summed E-state index contributed by atoms with van der Waals surface area (Å²) < 4.78 is 6.60. The van der Waals surface area contributed by atoms with Crippen LogP contribution in [0.5, 0.6) is 0 Å². The fourth-order valence-corrected chi connectivity index (χ4v) is 4.35. The highest BCUT2D eigenvalue weighted by Crippen LogP contribution is 2.38. The molecule has 7 nitrogen and oxygen atoms in total. The zero-order valence-corrected chi connectivity index (χ0v) is 17.9. The van der Waals surface area contributed by atoms with Crippen molar-refractivity contribution in [3.05, 3.63) is 48.8 Å². The molecule has 2 N–H and O–H groups in total. The van der Waals surface area contributed by atoms with Gasteiger partial charge in [0.2, 0.25) is 5.95 Å². The van der Waals surface area contributed by atoms with Gasteiger partial charge < -0.3 is 15.4 Å². The topological polar surface area (TPSA) is 90.0 Å². The minimum absolute atomic E-state index is 0.236. The number of nitrogen functional groups attached to an aromatic ring is 1. The van der Waals surface area contributed by atoms with E-state index in [4.69, 9.17) is 20.4 Å². The van der Waals surface area contributed by atoms with Crippen LogP contribution in [-0.4, -0.2) is 46.2 Å². The maximum absolute atomic E-state index is 5.63. The normalized spacial score (nSPS) is 13.7. The molecule has 3 aromatic heterocycles. The fourth-order valence-electron chi connectivity index (χ4n) is 3.23. The Balaban J connectivity index is 0.00000106. The van der Waals surface area contributed by atoms with Gasteiger partial charge in [0, 0.05) is 30.4 Å². The standard InChI is InChI=1S/C20H18N6OS.C2H6/c21-20-22-11-14(12-23-20)18-24-15-10-16(13-4-2-1-3-5-13)28-17(15)19(25-18)26-6-8-27-9-7-26;1-2/h1-5,10-12H,6-9H2,(H2,21,22,23);1-2H3. The molecule has 0 radical (unpaired) electrons. The molecular weight excluding hydrogens is 396 g/mol. The van der Waals surface area contributed by atoms with E-state index in [1.54, 1.807) is 23.7 Å². The number of nitrogens with two attached hydrogens (primary N) is 1. The lowest BCUT2D eigenvalue weighted by molar-refractivity contribution is 0.122. The third-order valence-electron chi connectivity index (χ3n) is 4.65. The van der Waals surface area contributed by atoms with E-state index < -0.39 is 0 Å². The predicted octanol–water partition coefficient (Wildman–Crippen LogP) is 4.26. The average molecular weight is 421 g/mol. The van der Waals surface area contributed by atoms with Gasteiger partial charge in [-0.1, -0.05) is 44.2 Å². The Bertz CT molecular complexity index is 1110. The van der Waals surface area contributed by atoms with E-state index in [1.165, 1.54) is 10.4 Å². The summed E-state index contributed by atoms with van der Waals surface area (Å²) in [5, 5.41) is 0. The van der Waals surface area contributed by atoms with Crippen molar-refractivity contribution in [1.29, 1.82) is 0 Å². The molecule has 0 saturated carbocycles. The molecule has 30 heavy (non-hydrogen) atoms. The first kappa shape index (κ1) is 20.2. The lowest BCUT2D eigenvalue weighted by atomic mass is 10.2. The lowest BCUT2D eigenvalue weighted by Gasteiger charge is -2.28. The van der Waals surface area contributed by atoms with Crippen molar-refractivity contribution < 1.29 is 4.74 Å². The number of rotatable bonds is 3. The smallest absolute Gasteiger partial charge is 0.219 e. The Hall–Kier alpha value is -3.10. The highest BCUT2D eigenvalue weighted by Gasteiger charge is 2.20. The molecule has 0 atom stereocenters. The molecule has 0 bridgehead atoms. The van der Waals surface area contributed by atoms with Gasteiger partial charge in [-0.2, -0.15) is 0 Å². The first-order valence-corrected chi connectivity index (χ1v) is 10.9. The molecule has 0 amide bonds. The molecule has 4 heterocycles. The summed E-state index contributed by atoms with van der Waals surface area (Å²) in [6, 6.07) is 12.5. The third kappa shape index (κ3) is 4.10. The van der Waals surface area contributed by atoms with Gasteiger partial charge in [0.15, 0.2) is 11.6 Å². The van der Waals surface area contributed by atoms with Crippen LogP contribution in [0.3, 0.4) is 0 Å². The molecule has 0 unspecified atom stereocenters. The van der Waals surface area contributed by atoms with Gasteiger partial charge in [-0.05, 0) is 11.6 Å². The molecule has 1 aliphatic heterocycles. The molecule has 4 aromatic rings. The van der Waals surface area contributed by atoms with E-state index in [0.29, 0.717) is 19.0 Å². The number of nitrogens with zero attached hydrogens (tertiary/aromatic N) is 5. The summed E-state index contributed by atoms with van der Waals surface area (Å²) in [5.74, 6) is 1.78. The van der Waals surface area contributed by atoms with Crippen LogP contribution in [0.25, 0.3) is 32.0 Å². The third-order valence-corrected chi connectivity index (χ3v) is 5.82. The van der Waals surface area contributed by atoms with E-state index in [2.05, 4.69) is 33.1 Å². The maximum atomic E-state index is 5.63. The van der Waals surface area contributed by atoms with Gasteiger partial charge in [-0.25, -0.2) is 19.9 Å². The molecule has 5 rings (SSSR count). The highest BCUT2D eigenvalue weighted by atomic mass is 32.1. The van der Waals surface area contributed by atoms with Crippen molar-refractivity contribution in [2.24, 2.45) is 0 Å². The number of anilines is 2. The largest absolute Gasteiger partial charge is 0.378 e. The highest BCUT2D eigenvalue weighted by molar-refractivity contribution is 7.22. The zero-order chi connectivity index (χ0) is 20.9. The molecule has 1 saturated heterocycles. The van der Waals surface area contributed by atoms with Crippen LogP contribution in [0.1, 0.15) is 13.8 Å². The van der Waals surface area contributed by atoms with Gasteiger partial charge in [0.05, 0.1) is 29.0 Å². The first-order valence-electron chi connectivity index (χ1n) is 10.1. The summed E-state index contributed by atoms with van der Waals surface area (Å²) >= 11 is 1.72. The Morgan fingerprint density at radius 2 is 1.67 bits per heavy atom. The van der Waals surface area contributed by atoms with Crippen LogP contribution < -0.4 is 10.6 Å². The van der Waals surface area contributed by atoms with Crippen LogP contribution in [0.4, 0.5) is 11.8 Å². The van der Waals surface area contributed by atoms with Crippen LogP contribution >= 0.6 is 11.3 Å². The summed E-state index contributed by atoms with van der Waals surface area (Å²) in [6.45, 7) is 7.01. The Labute approximate surface area is 179 Å². The number of thiophene rings is 1. The number of aromatic nitrogens is 4. The number of morpholine rings is 1. The molecule has 8 heteroatoms. The van der Waals surface area contributed by atoms with Gasteiger partial charge in [0.25, 0.3) is 0 Å². The summed E-state index contributed by atoms with van der Waals surface area (Å²) in [6.07, 6.45) is 3.33. The predicted molar refractivity (Wildman–Crippen MR) is 123 cm³/mol. The average Bonchev–Trinajstić information content (AvgIpc) is 3.26. The monoisotopic (exact) mass is 420 g/mol. The molecule has 0 spiro atoms. The van der Waals surface area contributed by atoms with Gasteiger partial charge >= 0.3 is 0 Å². The first-order chi connectivity index (χ1) is 14.8. The van der Waals surface area contributed by atoms with Gasteiger partial charge in [0.1, 0.15) is 0 Å². The number of hydrogen-bond donors (Lipinski definition) is 1. The van der Waals surface area contributed by atoms with Crippen LogP contribution in [0, 0.1) is 0 Å². The second-order valence-corrected chi connectivity index (χ2v) is 7.54. The number of hydrogen-bond acceptors (Lipinski definition) is 8. The summed E-state index contributed by atoms with van der Waals surface area (Å²) in [7, 11) is 0. The summed E-state index contributed by atoms with van der Waals surface area (Å²) in [5.41, 5.74) is 8.47. The quantitative estimate of drug-likeness (QED) is 0.529. The van der Waals surface area contributed by atoms with Crippen LogP contribution in [0.2, 0.25) is 0 Å². The van der Waals surface area contributed by atoms with Gasteiger partial charge in [-0.15, -0.1) is 11.3 Å². The van der Waals surface area contributed by atoms with Crippen molar-refractivity contribution in [3.63, 3.8) is 0 Å². The maximum Gasteiger partial charge on any atom is 0.219 e. The molecule has 0 aliphatic carbocycles. The molecule has 1 aliphatic rings. The van der Waals surface area contributed by atoms with Crippen LogP contribution in [0.15, 0.2) is 48.8 Å². The van der Waals surface area contributed by atoms with Crippen molar-refractivity contribution >= 4 is 33.3 Å². The second kappa shape index (κ2) is 9.15. The Morgan fingerprint density at radius 1 is 0.967 bits per heavy atom. The van der Waals surface area contributed by atoms with E-state index in [-0.39, 0.29) is 5.95 Å². The second-order valence-electron chi connectivity index (χ2n) is 6.49. The molecule has 1 fully saturated rings. The number of benzene rings is 1. The van der Waals surface area contributed by atoms with Crippen LogP contribution in [-0.2, 0) is 4.74 Å². The number of fused-ring (bicyclic) bond motifs is 1. The van der Waals surface area contributed by atoms with Crippen molar-refractivity contribution in [1.82, 2.24) is 19.9 Å².